The minimum Gasteiger partial charge on any atom is -0.365 e. The molecule has 8 nitrogen and oxygen atoms in total. The maximum Gasteiger partial charge on any atom is 0.124 e. The molecule has 216 valence electrons. The Hall–Kier alpha value is -1.74. The molecule has 4 rings (SSSR count). The molecule has 2 aliphatic rings. The van der Waals surface area contributed by atoms with Crippen LogP contribution in [0.5, 0.6) is 0 Å². The van der Waals surface area contributed by atoms with Crippen LogP contribution in [0, 0.1) is 0 Å². The van der Waals surface area contributed by atoms with E-state index >= 15 is 0 Å². The number of rotatable bonds is 10. The summed E-state index contributed by atoms with van der Waals surface area (Å²) in [5.41, 5.74) is 2.15. The average Bonchev–Trinajstić information content (AvgIpc) is 3.70. The molecule has 0 saturated carbocycles. The molecular formula is C29H58N6O2. The number of aryl methyl sites for hydroxylation is 2. The fourth-order valence-corrected chi connectivity index (χ4v) is 3.73. The predicted molar refractivity (Wildman–Crippen MR) is 156 cm³/mol. The summed E-state index contributed by atoms with van der Waals surface area (Å²) in [6, 6.07) is 3.89. The van der Waals surface area contributed by atoms with Gasteiger partial charge in [0.15, 0.2) is 0 Å². The van der Waals surface area contributed by atoms with Crippen LogP contribution in [0.1, 0.15) is 85.0 Å². The molecule has 2 N–H and O–H groups in total. The molecule has 2 aromatic heterocycles. The van der Waals surface area contributed by atoms with Crippen molar-refractivity contribution in [3.05, 3.63) is 36.0 Å². The first-order valence-corrected chi connectivity index (χ1v) is 15.0. The number of piperazine rings is 2. The molecule has 0 unspecified atom stereocenters. The van der Waals surface area contributed by atoms with E-state index in [0.717, 1.165) is 50.4 Å². The molecule has 0 atom stereocenters. The zero-order chi connectivity index (χ0) is 27.4. The second-order valence-corrected chi connectivity index (χ2v) is 8.73. The highest BCUT2D eigenvalue weighted by Gasteiger charge is 2.09. The molecule has 0 aromatic carbocycles. The molecule has 2 fully saturated rings. The van der Waals surface area contributed by atoms with E-state index in [1.807, 2.05) is 39.8 Å². The van der Waals surface area contributed by atoms with Crippen LogP contribution in [-0.4, -0.2) is 85.6 Å². The minimum absolute atomic E-state index is 1.03. The van der Waals surface area contributed by atoms with Gasteiger partial charge in [0.2, 0.25) is 0 Å². The molecule has 2 saturated heterocycles. The predicted octanol–water partition coefficient (Wildman–Crippen LogP) is 5.27. The average molecular weight is 523 g/mol. The third-order valence-corrected chi connectivity index (χ3v) is 5.97. The van der Waals surface area contributed by atoms with Crippen molar-refractivity contribution in [1.29, 1.82) is 0 Å². The van der Waals surface area contributed by atoms with Gasteiger partial charge in [-0.3, -0.25) is 0 Å². The van der Waals surface area contributed by atoms with Gasteiger partial charge in [-0.15, -0.1) is 0 Å². The van der Waals surface area contributed by atoms with Crippen molar-refractivity contribution in [2.45, 2.75) is 86.5 Å². The van der Waals surface area contributed by atoms with Crippen molar-refractivity contribution in [3.63, 3.8) is 0 Å². The lowest BCUT2D eigenvalue weighted by molar-refractivity contribution is 0.236. The summed E-state index contributed by atoms with van der Waals surface area (Å²) in [6.45, 7) is 24.1. The lowest BCUT2D eigenvalue weighted by Gasteiger charge is -2.26. The molecule has 0 amide bonds. The lowest BCUT2D eigenvalue weighted by atomic mass is 10.2. The molecule has 37 heavy (non-hydrogen) atoms. The smallest absolute Gasteiger partial charge is 0.124 e. The number of nitrogens with one attached hydrogen (secondary N) is 2. The van der Waals surface area contributed by atoms with Crippen LogP contribution in [0.25, 0.3) is 0 Å². The third kappa shape index (κ3) is 20.0. The number of aromatic nitrogens is 2. The van der Waals surface area contributed by atoms with E-state index in [0.29, 0.717) is 0 Å². The van der Waals surface area contributed by atoms with Crippen LogP contribution in [0.4, 0.5) is 0 Å². The first-order chi connectivity index (χ1) is 18.3. The molecule has 2 aliphatic heterocycles. The van der Waals surface area contributed by atoms with Crippen LogP contribution in [-0.2, 0) is 12.8 Å². The van der Waals surface area contributed by atoms with Gasteiger partial charge in [0, 0.05) is 64.5 Å². The fraction of sp³-hybridized carbons (Fsp3) is 0.793. The van der Waals surface area contributed by atoms with Crippen LogP contribution >= 0.6 is 0 Å². The minimum atomic E-state index is 1.03. The van der Waals surface area contributed by atoms with Gasteiger partial charge in [-0.25, -0.2) is 0 Å². The summed E-state index contributed by atoms with van der Waals surface area (Å²) < 4.78 is 9.58. The largest absolute Gasteiger partial charge is 0.365 e. The topological polar surface area (TPSA) is 82.6 Å². The maximum atomic E-state index is 4.79. The van der Waals surface area contributed by atoms with E-state index in [-0.39, 0.29) is 0 Å². The lowest BCUT2D eigenvalue weighted by Crippen LogP contribution is -2.43. The monoisotopic (exact) mass is 522 g/mol. The van der Waals surface area contributed by atoms with Gasteiger partial charge >= 0.3 is 0 Å². The summed E-state index contributed by atoms with van der Waals surface area (Å²) in [5, 5.41) is 14.5. The summed E-state index contributed by atoms with van der Waals surface area (Å²) in [4.78, 5) is 5.02. The molecular weight excluding hydrogens is 464 g/mol. The Labute approximate surface area is 227 Å². The quantitative estimate of drug-likeness (QED) is 0.408. The van der Waals surface area contributed by atoms with Crippen molar-refractivity contribution in [2.75, 3.05) is 65.4 Å². The number of hydrogen-bond acceptors (Lipinski definition) is 8. The van der Waals surface area contributed by atoms with Gasteiger partial charge < -0.3 is 29.5 Å². The van der Waals surface area contributed by atoms with E-state index in [9.17, 15) is 0 Å². The van der Waals surface area contributed by atoms with E-state index in [1.165, 1.54) is 71.4 Å². The zero-order valence-corrected chi connectivity index (χ0v) is 24.9. The maximum absolute atomic E-state index is 4.79. The Kier molecular flexibility index (Phi) is 26.0. The number of unbranched alkanes of at least 4 members (excludes halogenated alkanes) is 2. The molecule has 4 heterocycles. The van der Waals surface area contributed by atoms with Crippen molar-refractivity contribution in [1.82, 2.24) is 30.7 Å². The van der Waals surface area contributed by atoms with E-state index in [2.05, 4.69) is 44.6 Å². The van der Waals surface area contributed by atoms with Crippen LogP contribution in [0.15, 0.2) is 33.7 Å². The van der Waals surface area contributed by atoms with Crippen LogP contribution in [0.3, 0.4) is 0 Å². The van der Waals surface area contributed by atoms with Gasteiger partial charge in [-0.05, 0) is 45.2 Å². The molecule has 2 aromatic rings. The van der Waals surface area contributed by atoms with Gasteiger partial charge in [0.05, 0.1) is 11.4 Å². The van der Waals surface area contributed by atoms with E-state index < -0.39 is 0 Å². The second-order valence-electron chi connectivity index (χ2n) is 8.73. The fourth-order valence-electron chi connectivity index (χ4n) is 3.73. The second kappa shape index (κ2) is 27.3. The summed E-state index contributed by atoms with van der Waals surface area (Å²) >= 11 is 0. The first kappa shape index (κ1) is 35.3. The van der Waals surface area contributed by atoms with Crippen molar-refractivity contribution in [2.24, 2.45) is 0 Å². The van der Waals surface area contributed by atoms with Crippen LogP contribution < -0.4 is 10.6 Å². The van der Waals surface area contributed by atoms with Crippen molar-refractivity contribution < 1.29 is 9.05 Å². The van der Waals surface area contributed by atoms with Crippen molar-refractivity contribution >= 4 is 0 Å². The Morgan fingerprint density at radius 3 is 1.43 bits per heavy atom. The Balaban J connectivity index is 0.000000550. The van der Waals surface area contributed by atoms with Crippen molar-refractivity contribution in [3.8, 4) is 0 Å². The standard InChI is InChI=1S/C11H19N3O.C10H17N3O.C4H10.2C2H6/c1(3-11-4-10-15-13-11)2-7-14-8-5-12-6-9-14;1(2-10-3-9-14-12-10)6-13-7-4-11-5-8-13;1-3-4-2;2*1-2/h4,10,12H,1-3,5-9H2;3,9,11H,1-2,4-8H2;3-4H2,1-2H3;2*1-2H3. The normalized spacial score (nSPS) is 15.5. The first-order valence-electron chi connectivity index (χ1n) is 15.0. The highest BCUT2D eigenvalue weighted by atomic mass is 16.5. The van der Waals surface area contributed by atoms with Crippen LogP contribution in [0.2, 0.25) is 0 Å². The molecule has 0 bridgehead atoms. The SMILES string of the molecule is CC.CC.CCCC.c1cc(CCCCN2CCNCC2)no1.c1cc(CCCN2CCNCC2)no1. The van der Waals surface area contributed by atoms with Gasteiger partial charge in [-0.2, -0.15) is 0 Å². The number of nitrogens with zero attached hydrogens (tertiary/aromatic N) is 4. The summed E-state index contributed by atoms with van der Waals surface area (Å²) in [7, 11) is 0. The Bertz CT molecular complexity index is 637. The Morgan fingerprint density at radius 2 is 1.05 bits per heavy atom. The van der Waals surface area contributed by atoms with E-state index in [4.69, 9.17) is 9.05 Å². The number of hydrogen-bond donors (Lipinski definition) is 2. The molecule has 0 radical (unpaired) electrons. The van der Waals surface area contributed by atoms with Gasteiger partial charge in [-0.1, -0.05) is 64.7 Å². The molecule has 8 heteroatoms. The van der Waals surface area contributed by atoms with Gasteiger partial charge in [0.25, 0.3) is 0 Å². The Morgan fingerprint density at radius 1 is 0.649 bits per heavy atom. The highest BCUT2D eigenvalue weighted by Crippen LogP contribution is 2.04. The summed E-state index contributed by atoms with van der Waals surface area (Å²) in [6.07, 6.45) is 11.6. The zero-order valence-electron chi connectivity index (χ0n) is 24.9. The molecule has 0 aliphatic carbocycles. The molecule has 0 spiro atoms. The van der Waals surface area contributed by atoms with Gasteiger partial charge in [0.1, 0.15) is 12.5 Å². The highest BCUT2D eigenvalue weighted by molar-refractivity contribution is 4.95. The third-order valence-electron chi connectivity index (χ3n) is 5.97. The summed E-state index contributed by atoms with van der Waals surface area (Å²) in [5.74, 6) is 0. The van der Waals surface area contributed by atoms with E-state index in [1.54, 1.807) is 12.5 Å².